The summed E-state index contributed by atoms with van der Waals surface area (Å²) in [5, 5.41) is 3.89. The molecule has 0 unspecified atom stereocenters. The summed E-state index contributed by atoms with van der Waals surface area (Å²) < 4.78 is 9.71. The fraction of sp³-hybridized carbons (Fsp3) is 0.421. The Hall–Kier alpha value is -2.81. The highest BCUT2D eigenvalue weighted by Crippen LogP contribution is 2.45. The van der Waals surface area contributed by atoms with Gasteiger partial charge in [0.05, 0.1) is 22.6 Å². The molecule has 0 aliphatic carbocycles. The number of ether oxygens (including phenoxy) is 1. The van der Waals surface area contributed by atoms with Crippen LogP contribution in [0.1, 0.15) is 25.7 Å². The predicted molar refractivity (Wildman–Crippen MR) is 101 cm³/mol. The summed E-state index contributed by atoms with van der Waals surface area (Å²) in [5.41, 5.74) is -0.101. The highest BCUT2D eigenvalue weighted by molar-refractivity contribution is 7.07. The number of aryl methyl sites for hydroxylation is 1. The van der Waals surface area contributed by atoms with Crippen LogP contribution in [0.5, 0.6) is 5.75 Å². The summed E-state index contributed by atoms with van der Waals surface area (Å²) in [7, 11) is 3.31. The van der Waals surface area contributed by atoms with E-state index in [1.807, 2.05) is 0 Å². The van der Waals surface area contributed by atoms with Crippen LogP contribution in [-0.2, 0) is 4.79 Å². The second-order valence-electron chi connectivity index (χ2n) is 7.43. The molecule has 1 saturated heterocycles. The molecule has 0 saturated carbocycles. The van der Waals surface area contributed by atoms with Crippen molar-refractivity contribution in [2.24, 2.45) is 11.3 Å². The lowest BCUT2D eigenvalue weighted by Crippen LogP contribution is -2.51. The smallest absolute Gasteiger partial charge is 0.267 e. The number of nitrogens with zero attached hydrogens (tertiary/aromatic N) is 4. The zero-order chi connectivity index (χ0) is 20.1. The second-order valence-corrected chi connectivity index (χ2v) is 8.18. The van der Waals surface area contributed by atoms with Crippen LogP contribution in [-0.4, -0.2) is 70.8 Å². The summed E-state index contributed by atoms with van der Waals surface area (Å²) in [5.74, 6) is -0.752. The van der Waals surface area contributed by atoms with Crippen molar-refractivity contribution in [3.8, 4) is 5.75 Å². The molecule has 0 radical (unpaired) electrons. The van der Waals surface area contributed by atoms with Crippen LogP contribution in [0.4, 0.5) is 0 Å². The molecule has 2 aliphatic rings. The molecule has 0 N–H and O–H groups in total. The SMILES string of the molecule is Cc1nnsc1C(=O)N1C[C@H](C(=O)N(C)C)[C@]2(COc3ccccc3C2=O)C1. The van der Waals surface area contributed by atoms with E-state index in [0.29, 0.717) is 21.9 Å². The molecule has 4 rings (SSSR count). The van der Waals surface area contributed by atoms with Crippen LogP contribution in [0.15, 0.2) is 24.3 Å². The van der Waals surface area contributed by atoms with Gasteiger partial charge in [-0.1, -0.05) is 16.6 Å². The van der Waals surface area contributed by atoms with Gasteiger partial charge < -0.3 is 14.5 Å². The Bertz CT molecular complexity index is 972. The molecule has 2 aromatic rings. The normalized spacial score (nSPS) is 23.5. The Morgan fingerprint density at radius 2 is 2.07 bits per heavy atom. The van der Waals surface area contributed by atoms with Crippen LogP contribution in [0.25, 0.3) is 0 Å². The molecule has 0 bridgehead atoms. The van der Waals surface area contributed by atoms with Crippen LogP contribution in [0, 0.1) is 18.3 Å². The minimum absolute atomic E-state index is 0.0663. The number of likely N-dealkylation sites (tertiary alicyclic amines) is 1. The first-order chi connectivity index (χ1) is 13.3. The van der Waals surface area contributed by atoms with E-state index in [0.717, 1.165) is 11.5 Å². The number of aromatic nitrogens is 2. The van der Waals surface area contributed by atoms with E-state index in [1.165, 1.54) is 4.90 Å². The second kappa shape index (κ2) is 6.66. The average molecular weight is 400 g/mol. The van der Waals surface area contributed by atoms with Crippen molar-refractivity contribution in [1.29, 1.82) is 0 Å². The predicted octanol–water partition coefficient (Wildman–Crippen LogP) is 1.27. The Kier molecular flexibility index (Phi) is 4.41. The number of amides is 2. The maximum atomic E-state index is 13.5. The molecule has 2 amide bonds. The summed E-state index contributed by atoms with van der Waals surface area (Å²) in [4.78, 5) is 42.9. The zero-order valence-electron chi connectivity index (χ0n) is 15.8. The third-order valence-electron chi connectivity index (χ3n) is 5.48. The topological polar surface area (TPSA) is 92.7 Å². The van der Waals surface area contributed by atoms with E-state index in [2.05, 4.69) is 9.59 Å². The molecule has 28 heavy (non-hydrogen) atoms. The first kappa shape index (κ1) is 18.5. The molecule has 2 atom stereocenters. The minimum Gasteiger partial charge on any atom is -0.492 e. The van der Waals surface area contributed by atoms with Gasteiger partial charge in [-0.05, 0) is 30.6 Å². The van der Waals surface area contributed by atoms with Crippen molar-refractivity contribution in [1.82, 2.24) is 19.4 Å². The van der Waals surface area contributed by atoms with Crippen molar-refractivity contribution in [2.75, 3.05) is 33.8 Å². The molecular weight excluding hydrogens is 380 g/mol. The number of carbonyl (C=O) groups is 3. The van der Waals surface area contributed by atoms with E-state index >= 15 is 0 Å². The largest absolute Gasteiger partial charge is 0.492 e. The number of benzene rings is 1. The summed E-state index contributed by atoms with van der Waals surface area (Å²) in [6.45, 7) is 2.07. The molecular formula is C19H20N4O4S. The molecule has 1 aromatic heterocycles. The first-order valence-corrected chi connectivity index (χ1v) is 9.68. The molecule has 1 fully saturated rings. The number of para-hydroxylation sites is 1. The van der Waals surface area contributed by atoms with Crippen LogP contribution in [0.2, 0.25) is 0 Å². The highest BCUT2D eigenvalue weighted by Gasteiger charge is 2.59. The minimum atomic E-state index is -1.10. The van der Waals surface area contributed by atoms with Crippen molar-refractivity contribution in [3.63, 3.8) is 0 Å². The first-order valence-electron chi connectivity index (χ1n) is 8.91. The van der Waals surface area contributed by atoms with Gasteiger partial charge in [0, 0.05) is 27.2 Å². The monoisotopic (exact) mass is 400 g/mol. The molecule has 2 aliphatic heterocycles. The molecule has 8 nitrogen and oxygen atoms in total. The maximum absolute atomic E-state index is 13.5. The van der Waals surface area contributed by atoms with Crippen molar-refractivity contribution < 1.29 is 19.1 Å². The summed E-state index contributed by atoms with van der Waals surface area (Å²) in [6, 6.07) is 7.02. The van der Waals surface area contributed by atoms with Gasteiger partial charge in [-0.3, -0.25) is 14.4 Å². The summed E-state index contributed by atoms with van der Waals surface area (Å²) >= 11 is 1.02. The fourth-order valence-corrected chi connectivity index (χ4v) is 4.58. The molecule has 3 heterocycles. The van der Waals surface area contributed by atoms with E-state index in [-0.39, 0.29) is 37.3 Å². The number of ketones is 1. The number of hydrogen-bond acceptors (Lipinski definition) is 7. The van der Waals surface area contributed by atoms with Gasteiger partial charge in [0.25, 0.3) is 5.91 Å². The van der Waals surface area contributed by atoms with E-state index in [9.17, 15) is 14.4 Å². The number of fused-ring (bicyclic) bond motifs is 1. The maximum Gasteiger partial charge on any atom is 0.267 e. The third kappa shape index (κ3) is 2.69. The fourth-order valence-electron chi connectivity index (χ4n) is 3.96. The average Bonchev–Trinajstić information content (AvgIpc) is 3.28. The Labute approximate surface area is 166 Å². The summed E-state index contributed by atoms with van der Waals surface area (Å²) in [6.07, 6.45) is 0. The van der Waals surface area contributed by atoms with Crippen molar-refractivity contribution >= 4 is 29.1 Å². The molecule has 1 spiro atoms. The van der Waals surface area contributed by atoms with E-state index < -0.39 is 11.3 Å². The van der Waals surface area contributed by atoms with Crippen LogP contribution < -0.4 is 4.74 Å². The van der Waals surface area contributed by atoms with Gasteiger partial charge in [0.2, 0.25) is 5.91 Å². The number of Topliss-reactive ketones (excluding diaryl/α,β-unsaturated/α-hetero) is 1. The molecule has 1 aromatic carbocycles. The van der Waals surface area contributed by atoms with Crippen molar-refractivity contribution in [2.45, 2.75) is 6.92 Å². The number of hydrogen-bond donors (Lipinski definition) is 0. The Balaban J connectivity index is 1.74. The number of carbonyl (C=O) groups excluding carboxylic acids is 3. The zero-order valence-corrected chi connectivity index (χ0v) is 16.7. The lowest BCUT2D eigenvalue weighted by molar-refractivity contribution is -0.135. The number of rotatable bonds is 2. The van der Waals surface area contributed by atoms with Crippen molar-refractivity contribution in [3.05, 3.63) is 40.4 Å². The van der Waals surface area contributed by atoms with Gasteiger partial charge in [0.15, 0.2) is 5.78 Å². The quantitative estimate of drug-likeness (QED) is 0.754. The van der Waals surface area contributed by atoms with E-state index in [1.54, 1.807) is 50.2 Å². The highest BCUT2D eigenvalue weighted by atomic mass is 32.1. The molecule has 9 heteroatoms. The van der Waals surface area contributed by atoms with Gasteiger partial charge in [-0.25, -0.2) is 0 Å². The van der Waals surface area contributed by atoms with Crippen LogP contribution >= 0.6 is 11.5 Å². The van der Waals surface area contributed by atoms with Crippen LogP contribution in [0.3, 0.4) is 0 Å². The van der Waals surface area contributed by atoms with Gasteiger partial charge in [-0.2, -0.15) is 0 Å². The van der Waals surface area contributed by atoms with Gasteiger partial charge >= 0.3 is 0 Å². The molecule has 146 valence electrons. The third-order valence-corrected chi connectivity index (χ3v) is 6.30. The standard InChI is InChI=1S/C19H20N4O4S/c1-11-15(28-21-20-11)18(26)23-8-13(17(25)22(2)3)19(9-23)10-27-14-7-5-4-6-12(14)16(19)24/h4-7,13H,8-10H2,1-3H3/t13-,19-/m1/s1. The Morgan fingerprint density at radius 1 is 1.32 bits per heavy atom. The lowest BCUT2D eigenvalue weighted by atomic mass is 9.71. The lowest BCUT2D eigenvalue weighted by Gasteiger charge is -2.37. The van der Waals surface area contributed by atoms with E-state index in [4.69, 9.17) is 4.74 Å². The van der Waals surface area contributed by atoms with Gasteiger partial charge in [0.1, 0.15) is 17.2 Å². The Morgan fingerprint density at radius 3 is 2.75 bits per heavy atom. The van der Waals surface area contributed by atoms with Gasteiger partial charge in [-0.15, -0.1) is 5.10 Å².